The second-order valence-electron chi connectivity index (χ2n) is 8.40. The molecule has 0 heterocycles. The molecule has 176 valence electrons. The number of aliphatic hydroxyl groups is 1. The van der Waals surface area contributed by atoms with Crippen molar-refractivity contribution in [3.8, 4) is 0 Å². The van der Waals surface area contributed by atoms with Crippen LogP contribution in [0.4, 0.5) is 0 Å². The first-order chi connectivity index (χ1) is 13.9. The maximum Gasteiger partial charge on any atom is 0.104 e. The molecular formula is C15H38O3P12. The molecule has 2 fully saturated rings. The summed E-state index contributed by atoms with van der Waals surface area (Å²) in [5.41, 5.74) is -0.0775. The average molecular weight is 638 g/mol. The summed E-state index contributed by atoms with van der Waals surface area (Å²) in [6.07, 6.45) is 5.72. The lowest BCUT2D eigenvalue weighted by Crippen LogP contribution is -2.56. The lowest BCUT2D eigenvalue weighted by molar-refractivity contribution is -0.117. The van der Waals surface area contributed by atoms with Crippen LogP contribution in [-0.2, 0) is 9.05 Å². The Hall–Kier alpha value is 4.78. The Bertz CT molecular complexity index is 620. The highest BCUT2D eigenvalue weighted by Gasteiger charge is 2.75. The average Bonchev–Trinajstić information content (AvgIpc) is 3.03. The maximum atomic E-state index is 12.3. The van der Waals surface area contributed by atoms with E-state index in [2.05, 4.69) is 87.3 Å². The summed E-state index contributed by atoms with van der Waals surface area (Å²) < 4.78 is 13.4. The van der Waals surface area contributed by atoms with Crippen molar-refractivity contribution < 1.29 is 14.2 Å². The Morgan fingerprint density at radius 1 is 1.17 bits per heavy atom. The van der Waals surface area contributed by atoms with Gasteiger partial charge in [0.25, 0.3) is 0 Å². The van der Waals surface area contributed by atoms with Crippen LogP contribution < -0.4 is 0 Å². The van der Waals surface area contributed by atoms with E-state index >= 15 is 0 Å². The number of fused-ring (bicyclic) bond motifs is 1. The summed E-state index contributed by atoms with van der Waals surface area (Å²) in [4.78, 5) is 0. The smallest absolute Gasteiger partial charge is 0.104 e. The molecule has 30 heavy (non-hydrogen) atoms. The Morgan fingerprint density at radius 3 is 2.27 bits per heavy atom. The van der Waals surface area contributed by atoms with Crippen LogP contribution in [0.1, 0.15) is 53.4 Å². The van der Waals surface area contributed by atoms with Gasteiger partial charge >= 0.3 is 0 Å². The molecule has 0 aromatic rings. The quantitative estimate of drug-likeness (QED) is 0.192. The van der Waals surface area contributed by atoms with Crippen molar-refractivity contribution in [1.29, 1.82) is 0 Å². The van der Waals surface area contributed by atoms with Crippen molar-refractivity contribution in [2.45, 2.75) is 71.2 Å². The Kier molecular flexibility index (Phi) is 13.5. The molecule has 14 atom stereocenters. The third-order valence-electron chi connectivity index (χ3n) is 6.51. The molecule has 0 amide bonds. The van der Waals surface area contributed by atoms with Crippen molar-refractivity contribution in [2.24, 2.45) is 10.8 Å². The van der Waals surface area contributed by atoms with Crippen LogP contribution >= 0.6 is 98.5 Å². The fraction of sp³-hybridized carbons (Fsp3) is 0.867. The molecule has 0 radical (unpaired) electrons. The van der Waals surface area contributed by atoms with Crippen LogP contribution in [0.15, 0.2) is 11.6 Å². The van der Waals surface area contributed by atoms with Crippen LogP contribution in [0.3, 0.4) is 0 Å². The topological polar surface area (TPSA) is 38.7 Å². The van der Waals surface area contributed by atoms with Gasteiger partial charge in [0.05, 0.1) is 25.1 Å². The molecule has 2 aliphatic carbocycles. The second kappa shape index (κ2) is 13.0. The van der Waals surface area contributed by atoms with Gasteiger partial charge in [-0.2, -0.15) is 0 Å². The Morgan fingerprint density at radius 2 is 1.80 bits per heavy atom. The van der Waals surface area contributed by atoms with Crippen LogP contribution in [0.25, 0.3) is 0 Å². The van der Waals surface area contributed by atoms with Crippen molar-refractivity contribution in [3.05, 3.63) is 11.6 Å². The zero-order valence-corrected chi connectivity index (χ0v) is 30.6. The van der Waals surface area contributed by atoms with Crippen LogP contribution in [0.2, 0.25) is 0 Å². The Balaban J connectivity index is 2.59. The summed E-state index contributed by atoms with van der Waals surface area (Å²) in [5, 5.41) is 12.3. The molecule has 2 rings (SSSR count). The summed E-state index contributed by atoms with van der Waals surface area (Å²) in [6.45, 7) is 8.36. The summed E-state index contributed by atoms with van der Waals surface area (Å²) in [7, 11) is 18.5. The first-order valence-corrected chi connectivity index (χ1v) is 30.0. The van der Waals surface area contributed by atoms with Gasteiger partial charge in [0.1, 0.15) is 5.60 Å². The molecule has 14 unspecified atom stereocenters. The molecule has 0 spiro atoms. The molecule has 15 heteroatoms. The highest BCUT2D eigenvalue weighted by molar-refractivity contribution is 9.10. The lowest BCUT2D eigenvalue weighted by Gasteiger charge is -2.51. The minimum Gasteiger partial charge on any atom is -0.386 e. The Labute approximate surface area is 205 Å². The maximum absolute atomic E-state index is 12.3. The van der Waals surface area contributed by atoms with Gasteiger partial charge < -0.3 is 14.2 Å². The third kappa shape index (κ3) is 5.77. The van der Waals surface area contributed by atoms with Crippen LogP contribution in [0.5, 0.6) is 0 Å². The predicted molar refractivity (Wildman–Crippen MR) is 171 cm³/mol. The molecular weight excluding hydrogens is 600 g/mol. The van der Waals surface area contributed by atoms with Gasteiger partial charge in [0.15, 0.2) is 0 Å². The van der Waals surface area contributed by atoms with Crippen molar-refractivity contribution in [2.75, 3.05) is 0 Å². The monoisotopic (exact) mass is 638 g/mol. The van der Waals surface area contributed by atoms with Gasteiger partial charge in [0, 0.05) is 15.5 Å². The number of allylic oxidation sites excluding steroid dienone is 1. The highest BCUT2D eigenvalue weighted by atomic mass is 33.1. The van der Waals surface area contributed by atoms with E-state index < -0.39 is 18.5 Å². The van der Waals surface area contributed by atoms with E-state index in [9.17, 15) is 5.11 Å². The minimum absolute atomic E-state index is 0.0373. The third-order valence-corrected chi connectivity index (χ3v) is 54.6. The predicted octanol–water partition coefficient (Wildman–Crippen LogP) is 9.57. The molecule has 0 aromatic heterocycles. The first kappa shape index (κ1) is 31.0. The first-order valence-electron chi connectivity index (χ1n) is 9.77. The molecule has 2 saturated carbocycles. The molecule has 1 N–H and O–H groups in total. The number of hydrogen-bond donors (Lipinski definition) is 1. The highest BCUT2D eigenvalue weighted by Crippen LogP contribution is 3.09. The van der Waals surface area contributed by atoms with Crippen LogP contribution in [0, 0.1) is 10.8 Å². The molecule has 3 nitrogen and oxygen atoms in total. The van der Waals surface area contributed by atoms with Gasteiger partial charge in [0.2, 0.25) is 0 Å². The fourth-order valence-electron chi connectivity index (χ4n) is 5.74. The van der Waals surface area contributed by atoms with Gasteiger partial charge in [-0.25, -0.2) is 0 Å². The van der Waals surface area contributed by atoms with E-state index in [0.717, 1.165) is 33.6 Å². The van der Waals surface area contributed by atoms with E-state index in [1.165, 1.54) is 5.57 Å². The van der Waals surface area contributed by atoms with E-state index in [1.54, 1.807) is 0 Å². The minimum atomic E-state index is -0.870. The summed E-state index contributed by atoms with van der Waals surface area (Å²) in [5.74, 6) is 0. The fourth-order valence-corrected chi connectivity index (χ4v) is 72.9. The number of rotatable bonds is 10. The second-order valence-corrected chi connectivity index (χ2v) is 44.1. The van der Waals surface area contributed by atoms with Crippen molar-refractivity contribution in [3.63, 3.8) is 0 Å². The van der Waals surface area contributed by atoms with E-state index in [1.807, 2.05) is 0 Å². The molecule has 2 aliphatic rings. The summed E-state index contributed by atoms with van der Waals surface area (Å²) >= 11 is 0. The van der Waals surface area contributed by atoms with Crippen molar-refractivity contribution in [1.82, 2.24) is 0 Å². The molecule has 0 bridgehead atoms. The van der Waals surface area contributed by atoms with Gasteiger partial charge in [-0.3, -0.25) is 0 Å². The van der Waals surface area contributed by atoms with Gasteiger partial charge in [-0.15, -0.1) is 44.6 Å². The molecule has 0 aliphatic heterocycles. The zero-order valence-electron chi connectivity index (χ0n) is 18.1. The van der Waals surface area contributed by atoms with Crippen molar-refractivity contribution >= 4 is 98.5 Å². The molecule has 0 saturated heterocycles. The van der Waals surface area contributed by atoms with Crippen LogP contribution in [-0.4, -0.2) is 22.9 Å². The zero-order chi connectivity index (χ0) is 22.9. The van der Waals surface area contributed by atoms with Gasteiger partial charge in [-0.1, -0.05) is 49.3 Å². The SMILES string of the molecule is CC/C=C(\C)C12C(OP(P(P)P)P(PP)P(P)P)CCC1(O)C(OPP)CC2(C)C. The lowest BCUT2D eigenvalue weighted by atomic mass is 9.58. The van der Waals surface area contributed by atoms with E-state index in [4.69, 9.17) is 9.05 Å². The number of hydrogen-bond acceptors (Lipinski definition) is 3. The largest absolute Gasteiger partial charge is 0.386 e. The molecule has 0 aromatic carbocycles. The van der Waals surface area contributed by atoms with Gasteiger partial charge in [-0.05, 0) is 52.0 Å². The standard InChI is InChI=1S/C15H38O3P12/c1-5-6-10(2)15-11(18-27(28(21)22)30(26-20)29(23)24)7-8-14(15,16)12(17-25-19)9-13(15,3)4/h6,11-12,16,25-26H,5,7-9,19-24H2,1-4H3/b10-6+. The summed E-state index contributed by atoms with van der Waals surface area (Å²) in [6, 6.07) is 0. The van der Waals surface area contributed by atoms with E-state index in [0.29, 0.717) is 8.50 Å². The normalized spacial score (nSPS) is 36.6. The van der Waals surface area contributed by atoms with E-state index in [-0.39, 0.29) is 38.6 Å².